The van der Waals surface area contributed by atoms with Gasteiger partial charge in [-0.25, -0.2) is 4.79 Å². The molecule has 1 aromatic heterocycles. The molecule has 116 valence electrons. The number of H-pyrrole nitrogens is 2. The van der Waals surface area contributed by atoms with Crippen molar-refractivity contribution in [1.82, 2.24) is 9.97 Å². The average molecular weight is 308 g/mol. The zero-order chi connectivity index (χ0) is 16.2. The summed E-state index contributed by atoms with van der Waals surface area (Å²) >= 11 is 0. The maximum absolute atomic E-state index is 12.2. The van der Waals surface area contributed by atoms with Gasteiger partial charge in [0.2, 0.25) is 0 Å². The molecule has 0 bridgehead atoms. The number of carbonyl (C=O) groups is 1. The molecule has 0 spiro atoms. The van der Waals surface area contributed by atoms with Crippen molar-refractivity contribution in [2.45, 2.75) is 6.92 Å². The van der Waals surface area contributed by atoms with Gasteiger partial charge in [0.1, 0.15) is 5.75 Å². The highest BCUT2D eigenvalue weighted by atomic mass is 16.5. The molecule has 3 aromatic rings. The third kappa shape index (κ3) is 3.40. The lowest BCUT2D eigenvalue weighted by Gasteiger charge is -2.02. The molecule has 0 atom stereocenters. The SMILES string of the molecule is CCOc1ccc(/C=C/C(=O)c2ccc3[nH]c(=O)[nH]c3c2)cc1. The Balaban J connectivity index is 1.77. The van der Waals surface area contributed by atoms with E-state index in [9.17, 15) is 9.59 Å². The second kappa shape index (κ2) is 6.36. The highest BCUT2D eigenvalue weighted by Gasteiger charge is 2.05. The van der Waals surface area contributed by atoms with Crippen molar-refractivity contribution in [3.63, 3.8) is 0 Å². The number of fused-ring (bicyclic) bond motifs is 1. The van der Waals surface area contributed by atoms with E-state index >= 15 is 0 Å². The van der Waals surface area contributed by atoms with Crippen molar-refractivity contribution >= 4 is 22.9 Å². The van der Waals surface area contributed by atoms with E-state index in [1.807, 2.05) is 31.2 Å². The number of benzene rings is 2. The summed E-state index contributed by atoms with van der Waals surface area (Å²) in [5.74, 6) is 0.681. The van der Waals surface area contributed by atoms with Gasteiger partial charge in [-0.1, -0.05) is 18.2 Å². The number of imidazole rings is 1. The fourth-order valence-corrected chi connectivity index (χ4v) is 2.30. The molecule has 0 aliphatic carbocycles. The molecule has 3 rings (SSSR count). The van der Waals surface area contributed by atoms with Crippen LogP contribution in [0.5, 0.6) is 5.75 Å². The van der Waals surface area contributed by atoms with Crippen molar-refractivity contribution in [3.05, 3.63) is 70.2 Å². The van der Waals surface area contributed by atoms with Crippen LogP contribution in [-0.2, 0) is 0 Å². The van der Waals surface area contributed by atoms with E-state index in [1.54, 1.807) is 24.3 Å². The molecule has 0 radical (unpaired) electrons. The number of rotatable bonds is 5. The number of nitrogens with one attached hydrogen (secondary N) is 2. The Morgan fingerprint density at radius 3 is 2.57 bits per heavy atom. The van der Waals surface area contributed by atoms with E-state index in [2.05, 4.69) is 9.97 Å². The first-order valence-corrected chi connectivity index (χ1v) is 7.33. The monoisotopic (exact) mass is 308 g/mol. The molecule has 5 heteroatoms. The van der Waals surface area contributed by atoms with Crippen LogP contribution in [0.1, 0.15) is 22.8 Å². The standard InChI is InChI=1S/C18H16N2O3/c1-2-23-14-7-3-12(4-8-14)5-10-17(21)13-6-9-15-16(11-13)20-18(22)19-15/h3-11H,2H2,1H3,(H2,19,20,22)/b10-5+. The maximum Gasteiger partial charge on any atom is 0.323 e. The fraction of sp³-hybridized carbons (Fsp3) is 0.111. The van der Waals surface area contributed by atoms with Gasteiger partial charge >= 0.3 is 5.69 Å². The molecule has 1 heterocycles. The third-order valence-corrected chi connectivity index (χ3v) is 3.42. The van der Waals surface area contributed by atoms with Crippen LogP contribution in [0.4, 0.5) is 0 Å². The number of carbonyl (C=O) groups excluding carboxylic acids is 1. The van der Waals surface area contributed by atoms with E-state index in [-0.39, 0.29) is 11.5 Å². The number of aromatic amines is 2. The van der Waals surface area contributed by atoms with Gasteiger partial charge in [-0.2, -0.15) is 0 Å². The van der Waals surface area contributed by atoms with Crippen molar-refractivity contribution in [3.8, 4) is 5.75 Å². The smallest absolute Gasteiger partial charge is 0.323 e. The molecule has 0 aliphatic heterocycles. The molecule has 5 nitrogen and oxygen atoms in total. The molecule has 0 amide bonds. The van der Waals surface area contributed by atoms with Crippen LogP contribution in [0.2, 0.25) is 0 Å². The lowest BCUT2D eigenvalue weighted by atomic mass is 10.1. The Labute approximate surface area is 132 Å². The van der Waals surface area contributed by atoms with Gasteiger partial charge in [-0.3, -0.25) is 4.79 Å². The molecule has 0 fully saturated rings. The lowest BCUT2D eigenvalue weighted by molar-refractivity contribution is 0.104. The van der Waals surface area contributed by atoms with Gasteiger partial charge in [-0.15, -0.1) is 0 Å². The first-order chi connectivity index (χ1) is 11.2. The van der Waals surface area contributed by atoms with E-state index in [4.69, 9.17) is 4.74 Å². The van der Waals surface area contributed by atoms with Gasteiger partial charge in [0, 0.05) is 5.56 Å². The molecule has 2 aromatic carbocycles. The summed E-state index contributed by atoms with van der Waals surface area (Å²) in [6.45, 7) is 2.55. The topological polar surface area (TPSA) is 75.0 Å². The van der Waals surface area contributed by atoms with Crippen LogP contribution in [0.3, 0.4) is 0 Å². The van der Waals surface area contributed by atoms with Crippen LogP contribution in [-0.4, -0.2) is 22.4 Å². The molecular weight excluding hydrogens is 292 g/mol. The number of hydrogen-bond acceptors (Lipinski definition) is 3. The Hall–Kier alpha value is -3.08. The Morgan fingerprint density at radius 1 is 1.09 bits per heavy atom. The molecule has 0 saturated carbocycles. The number of allylic oxidation sites excluding steroid dienone is 1. The lowest BCUT2D eigenvalue weighted by Crippen LogP contribution is -1.99. The second-order valence-corrected chi connectivity index (χ2v) is 5.04. The van der Waals surface area contributed by atoms with E-state index in [0.29, 0.717) is 23.2 Å². The summed E-state index contributed by atoms with van der Waals surface area (Å²) in [4.78, 5) is 28.7. The van der Waals surface area contributed by atoms with Crippen molar-refractivity contribution < 1.29 is 9.53 Å². The first kappa shape index (κ1) is 14.8. The summed E-state index contributed by atoms with van der Waals surface area (Å²) in [7, 11) is 0. The van der Waals surface area contributed by atoms with E-state index in [0.717, 1.165) is 11.3 Å². The van der Waals surface area contributed by atoms with Gasteiger partial charge < -0.3 is 14.7 Å². The first-order valence-electron chi connectivity index (χ1n) is 7.33. The summed E-state index contributed by atoms with van der Waals surface area (Å²) in [5, 5.41) is 0. The zero-order valence-corrected chi connectivity index (χ0v) is 12.6. The van der Waals surface area contributed by atoms with Crippen molar-refractivity contribution in [1.29, 1.82) is 0 Å². The van der Waals surface area contributed by atoms with Crippen LogP contribution < -0.4 is 10.4 Å². The predicted octanol–water partition coefficient (Wildman–Crippen LogP) is 3.15. The average Bonchev–Trinajstić information content (AvgIpc) is 2.93. The normalized spacial score (nSPS) is 11.2. The molecule has 23 heavy (non-hydrogen) atoms. The van der Waals surface area contributed by atoms with E-state index < -0.39 is 0 Å². The molecular formula is C18H16N2O3. The van der Waals surface area contributed by atoms with Gasteiger partial charge in [0.25, 0.3) is 0 Å². The summed E-state index contributed by atoms with van der Waals surface area (Å²) < 4.78 is 5.38. The van der Waals surface area contributed by atoms with Crippen molar-refractivity contribution in [2.24, 2.45) is 0 Å². The van der Waals surface area contributed by atoms with Gasteiger partial charge in [0.05, 0.1) is 17.6 Å². The van der Waals surface area contributed by atoms with Crippen LogP contribution in [0.15, 0.2) is 53.3 Å². The minimum absolute atomic E-state index is 0.122. The van der Waals surface area contributed by atoms with Gasteiger partial charge in [0.15, 0.2) is 5.78 Å². The summed E-state index contributed by atoms with van der Waals surface area (Å²) in [6, 6.07) is 12.6. The van der Waals surface area contributed by atoms with Gasteiger partial charge in [-0.05, 0) is 48.9 Å². The highest BCUT2D eigenvalue weighted by Crippen LogP contribution is 2.15. The Kier molecular flexibility index (Phi) is 4.10. The molecule has 0 aliphatic rings. The molecule has 0 unspecified atom stereocenters. The van der Waals surface area contributed by atoms with Crippen LogP contribution >= 0.6 is 0 Å². The minimum Gasteiger partial charge on any atom is -0.494 e. The fourth-order valence-electron chi connectivity index (χ4n) is 2.30. The number of ketones is 1. The van der Waals surface area contributed by atoms with Crippen molar-refractivity contribution in [2.75, 3.05) is 6.61 Å². The Morgan fingerprint density at radius 2 is 1.83 bits per heavy atom. The molecule has 2 N–H and O–H groups in total. The second-order valence-electron chi connectivity index (χ2n) is 5.04. The quantitative estimate of drug-likeness (QED) is 0.561. The molecule has 0 saturated heterocycles. The summed E-state index contributed by atoms with van der Waals surface area (Å²) in [6.07, 6.45) is 3.27. The maximum atomic E-state index is 12.2. The Bertz CT molecular complexity index is 917. The third-order valence-electron chi connectivity index (χ3n) is 3.42. The predicted molar refractivity (Wildman–Crippen MR) is 89.9 cm³/mol. The zero-order valence-electron chi connectivity index (χ0n) is 12.6. The number of ether oxygens (including phenoxy) is 1. The highest BCUT2D eigenvalue weighted by molar-refractivity contribution is 6.08. The van der Waals surface area contributed by atoms with Crippen LogP contribution in [0, 0.1) is 0 Å². The minimum atomic E-state index is -0.283. The van der Waals surface area contributed by atoms with Crippen LogP contribution in [0.25, 0.3) is 17.1 Å². The largest absolute Gasteiger partial charge is 0.494 e. The summed E-state index contributed by atoms with van der Waals surface area (Å²) in [5.41, 5.74) is 2.46. The number of hydrogen-bond donors (Lipinski definition) is 2. The van der Waals surface area contributed by atoms with E-state index in [1.165, 1.54) is 6.08 Å². The number of aromatic nitrogens is 2.